The van der Waals surface area contributed by atoms with Gasteiger partial charge in [0, 0.05) is 31.7 Å². The SMILES string of the molecule is Cc1ccc(NC(=O)c2c(Cl)cccc2Cl)c2nccc(N3CCN(C)C3=O)c12. The molecule has 6 nitrogen and oxygen atoms in total. The first kappa shape index (κ1) is 19.5. The number of carbonyl (C=O) groups excluding carboxylic acids is 2. The molecule has 1 fully saturated rings. The van der Waals surface area contributed by atoms with Crippen molar-refractivity contribution < 1.29 is 9.59 Å². The highest BCUT2D eigenvalue weighted by Gasteiger charge is 2.28. The van der Waals surface area contributed by atoms with Crippen LogP contribution in [0.4, 0.5) is 16.2 Å². The Hall–Kier alpha value is -2.83. The smallest absolute Gasteiger partial charge is 0.324 e. The van der Waals surface area contributed by atoms with Crippen LogP contribution in [0.2, 0.25) is 10.0 Å². The maximum atomic E-state index is 12.8. The van der Waals surface area contributed by atoms with Gasteiger partial charge in [-0.2, -0.15) is 0 Å². The van der Waals surface area contributed by atoms with Crippen molar-refractivity contribution >= 4 is 57.4 Å². The van der Waals surface area contributed by atoms with E-state index in [0.717, 1.165) is 16.6 Å². The molecule has 3 amide bonds. The summed E-state index contributed by atoms with van der Waals surface area (Å²) in [4.78, 5) is 33.2. The van der Waals surface area contributed by atoms with E-state index >= 15 is 0 Å². The van der Waals surface area contributed by atoms with Gasteiger partial charge in [0.05, 0.1) is 32.5 Å². The number of fused-ring (bicyclic) bond motifs is 1. The Morgan fingerprint density at radius 3 is 2.48 bits per heavy atom. The summed E-state index contributed by atoms with van der Waals surface area (Å²) in [6, 6.07) is 10.3. The Morgan fingerprint density at radius 2 is 1.83 bits per heavy atom. The summed E-state index contributed by atoms with van der Waals surface area (Å²) in [5.41, 5.74) is 3.06. The molecule has 1 saturated heterocycles. The largest absolute Gasteiger partial charge is 0.326 e. The summed E-state index contributed by atoms with van der Waals surface area (Å²) in [5, 5.41) is 4.22. The molecule has 0 spiro atoms. The van der Waals surface area contributed by atoms with Gasteiger partial charge in [-0.3, -0.25) is 14.7 Å². The Morgan fingerprint density at radius 1 is 1.10 bits per heavy atom. The van der Waals surface area contributed by atoms with Crippen molar-refractivity contribution in [1.29, 1.82) is 0 Å². The number of anilines is 2. The zero-order valence-electron chi connectivity index (χ0n) is 15.9. The standard InChI is InChI=1S/C21H18Cl2N4O2/c1-12-6-7-15(25-20(28)18-13(22)4-3-5-14(18)23)19-17(12)16(8-9-24-19)27-11-10-26(2)21(27)29/h3-9H,10-11H2,1-2H3,(H,25,28). The quantitative estimate of drug-likeness (QED) is 0.639. The lowest BCUT2D eigenvalue weighted by molar-refractivity contribution is 0.102. The van der Waals surface area contributed by atoms with Gasteiger partial charge < -0.3 is 10.2 Å². The minimum atomic E-state index is -0.421. The number of rotatable bonds is 3. The lowest BCUT2D eigenvalue weighted by Crippen LogP contribution is -2.29. The highest BCUT2D eigenvalue weighted by Crippen LogP contribution is 2.35. The normalized spacial score (nSPS) is 14.0. The number of urea groups is 1. The van der Waals surface area contributed by atoms with E-state index < -0.39 is 5.91 Å². The van der Waals surface area contributed by atoms with Crippen LogP contribution in [0.15, 0.2) is 42.6 Å². The zero-order valence-corrected chi connectivity index (χ0v) is 17.4. The van der Waals surface area contributed by atoms with Crippen molar-refractivity contribution in [3.63, 3.8) is 0 Å². The molecule has 1 aliphatic rings. The number of pyridine rings is 1. The fourth-order valence-electron chi connectivity index (χ4n) is 3.51. The van der Waals surface area contributed by atoms with Crippen molar-refractivity contribution in [2.75, 3.05) is 30.4 Å². The summed E-state index contributed by atoms with van der Waals surface area (Å²) in [6.45, 7) is 3.21. The minimum absolute atomic E-state index is 0.0609. The molecule has 0 bridgehead atoms. The third-order valence-corrected chi connectivity index (χ3v) is 5.65. The van der Waals surface area contributed by atoms with Gasteiger partial charge in [-0.1, -0.05) is 35.3 Å². The molecule has 0 unspecified atom stereocenters. The number of hydrogen-bond acceptors (Lipinski definition) is 3. The molecule has 1 aliphatic heterocycles. The monoisotopic (exact) mass is 428 g/mol. The van der Waals surface area contributed by atoms with Crippen LogP contribution in [-0.2, 0) is 0 Å². The molecule has 1 N–H and O–H groups in total. The molecular formula is C21H18Cl2N4O2. The lowest BCUT2D eigenvalue weighted by Gasteiger charge is -2.20. The molecule has 1 aromatic heterocycles. The zero-order chi connectivity index (χ0) is 20.7. The van der Waals surface area contributed by atoms with E-state index in [4.69, 9.17) is 23.2 Å². The fourth-order valence-corrected chi connectivity index (χ4v) is 4.08. The Kier molecular flexibility index (Phi) is 5.06. The van der Waals surface area contributed by atoms with E-state index in [1.165, 1.54) is 0 Å². The van der Waals surface area contributed by atoms with E-state index in [9.17, 15) is 9.59 Å². The topological polar surface area (TPSA) is 65.5 Å². The number of nitrogens with one attached hydrogen (secondary N) is 1. The molecule has 2 aromatic carbocycles. The molecule has 148 valence electrons. The Bertz CT molecular complexity index is 1130. The second-order valence-electron chi connectivity index (χ2n) is 6.89. The van der Waals surface area contributed by atoms with Crippen LogP contribution >= 0.6 is 23.2 Å². The molecule has 0 saturated carbocycles. The number of hydrogen-bond donors (Lipinski definition) is 1. The summed E-state index contributed by atoms with van der Waals surface area (Å²) in [6.07, 6.45) is 1.64. The number of halogens is 2. The molecule has 4 rings (SSSR count). The van der Waals surface area contributed by atoms with Crippen LogP contribution in [0, 0.1) is 6.92 Å². The highest BCUT2D eigenvalue weighted by molar-refractivity contribution is 6.40. The van der Waals surface area contributed by atoms with Crippen molar-refractivity contribution in [3.05, 3.63) is 63.8 Å². The van der Waals surface area contributed by atoms with E-state index in [-0.39, 0.29) is 21.6 Å². The van der Waals surface area contributed by atoms with Crippen LogP contribution in [0.3, 0.4) is 0 Å². The number of aryl methyl sites for hydroxylation is 1. The first-order valence-electron chi connectivity index (χ1n) is 9.05. The number of likely N-dealkylation sites (N-methyl/N-ethyl adjacent to an activating group) is 1. The van der Waals surface area contributed by atoms with Crippen molar-refractivity contribution in [3.8, 4) is 0 Å². The fraction of sp³-hybridized carbons (Fsp3) is 0.190. The van der Waals surface area contributed by atoms with Crippen molar-refractivity contribution in [2.45, 2.75) is 6.92 Å². The van der Waals surface area contributed by atoms with Gasteiger partial charge >= 0.3 is 6.03 Å². The minimum Gasteiger partial charge on any atom is -0.326 e. The van der Waals surface area contributed by atoms with Crippen LogP contribution in [-0.4, -0.2) is 42.0 Å². The predicted octanol–water partition coefficient (Wildman–Crippen LogP) is 4.97. The van der Waals surface area contributed by atoms with Gasteiger partial charge in [0.1, 0.15) is 0 Å². The molecule has 2 heterocycles. The summed E-state index contributed by atoms with van der Waals surface area (Å²) < 4.78 is 0. The van der Waals surface area contributed by atoms with Crippen molar-refractivity contribution in [1.82, 2.24) is 9.88 Å². The van der Waals surface area contributed by atoms with E-state index in [1.54, 1.807) is 47.3 Å². The van der Waals surface area contributed by atoms with Gasteiger partial charge in [0.15, 0.2) is 0 Å². The van der Waals surface area contributed by atoms with Gasteiger partial charge in [0.25, 0.3) is 5.91 Å². The first-order chi connectivity index (χ1) is 13.9. The number of amides is 3. The number of aromatic nitrogens is 1. The number of nitrogens with zero attached hydrogens (tertiary/aromatic N) is 3. The van der Waals surface area contributed by atoms with Crippen LogP contribution in [0.5, 0.6) is 0 Å². The Labute approximate surface area is 178 Å². The highest BCUT2D eigenvalue weighted by atomic mass is 35.5. The van der Waals surface area contributed by atoms with E-state index in [2.05, 4.69) is 10.3 Å². The third-order valence-electron chi connectivity index (χ3n) is 5.02. The first-order valence-corrected chi connectivity index (χ1v) is 9.80. The van der Waals surface area contributed by atoms with Crippen LogP contribution < -0.4 is 10.2 Å². The summed E-state index contributed by atoms with van der Waals surface area (Å²) >= 11 is 12.3. The molecular weight excluding hydrogens is 411 g/mol. The maximum Gasteiger partial charge on any atom is 0.324 e. The van der Waals surface area contributed by atoms with Gasteiger partial charge in [-0.25, -0.2) is 4.79 Å². The molecule has 3 aromatic rings. The maximum absolute atomic E-state index is 12.8. The average molecular weight is 429 g/mol. The van der Waals surface area contributed by atoms with E-state index in [1.807, 2.05) is 19.1 Å². The molecule has 0 radical (unpaired) electrons. The van der Waals surface area contributed by atoms with Crippen LogP contribution in [0.1, 0.15) is 15.9 Å². The molecule has 0 aliphatic carbocycles. The second kappa shape index (κ2) is 7.54. The van der Waals surface area contributed by atoms with Crippen LogP contribution in [0.25, 0.3) is 10.9 Å². The van der Waals surface area contributed by atoms with E-state index in [0.29, 0.717) is 24.3 Å². The number of benzene rings is 2. The average Bonchev–Trinajstić information content (AvgIpc) is 3.02. The Balaban J connectivity index is 1.79. The molecule has 0 atom stereocenters. The molecule has 8 heteroatoms. The summed E-state index contributed by atoms with van der Waals surface area (Å²) in [5.74, 6) is -0.421. The predicted molar refractivity (Wildman–Crippen MR) is 116 cm³/mol. The molecule has 29 heavy (non-hydrogen) atoms. The second-order valence-corrected chi connectivity index (χ2v) is 7.70. The third kappa shape index (κ3) is 3.39. The van der Waals surface area contributed by atoms with Gasteiger partial charge in [0.2, 0.25) is 0 Å². The van der Waals surface area contributed by atoms with Crippen molar-refractivity contribution in [2.24, 2.45) is 0 Å². The lowest BCUT2D eigenvalue weighted by atomic mass is 10.1. The number of carbonyl (C=O) groups is 2. The van der Waals surface area contributed by atoms with Gasteiger partial charge in [-0.15, -0.1) is 0 Å². The van der Waals surface area contributed by atoms with Gasteiger partial charge in [-0.05, 0) is 36.8 Å². The summed E-state index contributed by atoms with van der Waals surface area (Å²) in [7, 11) is 1.78.